The smallest absolute Gasteiger partial charge is 0.233 e. The number of aryl methyl sites for hydroxylation is 1. The third kappa shape index (κ3) is 2.62. The molecule has 74 valence electrons. The van der Waals surface area contributed by atoms with Gasteiger partial charge in [0.25, 0.3) is 0 Å². The Morgan fingerprint density at radius 1 is 1.40 bits per heavy atom. The first-order chi connectivity index (χ1) is 7.24. The largest absolute Gasteiger partial charge is 0.472 e. The molecular weight excluding hydrogens is 187 g/mol. The molecule has 0 saturated heterocycles. The summed E-state index contributed by atoms with van der Waals surface area (Å²) < 4.78 is 7.18. The molecule has 0 amide bonds. The quantitative estimate of drug-likeness (QED) is 0.681. The van der Waals surface area contributed by atoms with Crippen LogP contribution in [-0.2, 0) is 13.7 Å². The van der Waals surface area contributed by atoms with Gasteiger partial charge in [-0.1, -0.05) is 29.7 Å². The first kappa shape index (κ1) is 9.83. The summed E-state index contributed by atoms with van der Waals surface area (Å²) in [4.78, 5) is 0. The van der Waals surface area contributed by atoms with Crippen LogP contribution < -0.4 is 10.2 Å². The number of rotatable bonds is 3. The zero-order chi connectivity index (χ0) is 10.7. The van der Waals surface area contributed by atoms with E-state index in [0.717, 1.165) is 11.0 Å². The molecule has 0 N–H and O–H groups in total. The van der Waals surface area contributed by atoms with E-state index in [1.54, 1.807) is 4.68 Å². The average Bonchev–Trinajstić information content (AvgIpc) is 2.62. The highest BCUT2D eigenvalue weighted by Gasteiger charge is 1.98. The molecule has 0 atom stereocenters. The standard InChI is InChI=1S/C11H11BN2O/c1-14-6-5-11(13-14)15-8-9-3-2-4-10(12)7-9/h2-7H,8H2,1H3. The van der Waals surface area contributed by atoms with Crippen molar-refractivity contribution in [3.63, 3.8) is 0 Å². The summed E-state index contributed by atoms with van der Waals surface area (Å²) in [6.45, 7) is 0.488. The van der Waals surface area contributed by atoms with Crippen LogP contribution in [0.5, 0.6) is 5.88 Å². The molecule has 4 heteroatoms. The minimum atomic E-state index is 0.488. The Labute approximate surface area is 90.1 Å². The zero-order valence-electron chi connectivity index (χ0n) is 8.55. The van der Waals surface area contributed by atoms with Gasteiger partial charge in [-0.2, -0.15) is 0 Å². The zero-order valence-corrected chi connectivity index (χ0v) is 8.55. The van der Waals surface area contributed by atoms with Crippen LogP contribution in [0.4, 0.5) is 0 Å². The molecule has 2 radical (unpaired) electrons. The highest BCUT2D eigenvalue weighted by molar-refractivity contribution is 6.32. The Kier molecular flexibility index (Phi) is 2.76. The van der Waals surface area contributed by atoms with Crippen molar-refractivity contribution in [3.8, 4) is 5.88 Å². The van der Waals surface area contributed by atoms with Crippen molar-refractivity contribution in [3.05, 3.63) is 42.1 Å². The van der Waals surface area contributed by atoms with Crippen molar-refractivity contribution in [1.82, 2.24) is 9.78 Å². The van der Waals surface area contributed by atoms with E-state index >= 15 is 0 Å². The van der Waals surface area contributed by atoms with Crippen molar-refractivity contribution in [2.45, 2.75) is 6.61 Å². The van der Waals surface area contributed by atoms with Gasteiger partial charge in [0, 0.05) is 19.3 Å². The fourth-order valence-corrected chi connectivity index (χ4v) is 1.31. The third-order valence-corrected chi connectivity index (χ3v) is 2.03. The van der Waals surface area contributed by atoms with Crippen LogP contribution in [0.15, 0.2) is 36.5 Å². The molecule has 0 aliphatic rings. The Morgan fingerprint density at radius 3 is 2.93 bits per heavy atom. The van der Waals surface area contributed by atoms with E-state index in [1.165, 1.54) is 0 Å². The molecule has 3 nitrogen and oxygen atoms in total. The minimum Gasteiger partial charge on any atom is -0.472 e. The fraction of sp³-hybridized carbons (Fsp3) is 0.182. The molecular formula is C11H11BN2O. The van der Waals surface area contributed by atoms with Crippen LogP contribution >= 0.6 is 0 Å². The second-order valence-electron chi connectivity index (χ2n) is 3.36. The predicted molar refractivity (Wildman–Crippen MR) is 59.4 cm³/mol. The summed E-state index contributed by atoms with van der Waals surface area (Å²) in [6.07, 6.45) is 1.84. The number of nitrogens with zero attached hydrogens (tertiary/aromatic N) is 2. The van der Waals surface area contributed by atoms with E-state index in [-0.39, 0.29) is 0 Å². The van der Waals surface area contributed by atoms with Crippen molar-refractivity contribution in [1.29, 1.82) is 0 Å². The van der Waals surface area contributed by atoms with Crippen LogP contribution in [0, 0.1) is 0 Å². The van der Waals surface area contributed by atoms with Gasteiger partial charge in [0.15, 0.2) is 0 Å². The van der Waals surface area contributed by atoms with Gasteiger partial charge < -0.3 is 4.74 Å². The first-order valence-electron chi connectivity index (χ1n) is 4.71. The highest BCUT2D eigenvalue weighted by atomic mass is 16.5. The Balaban J connectivity index is 1.99. The van der Waals surface area contributed by atoms with Gasteiger partial charge in [-0.3, -0.25) is 4.68 Å². The van der Waals surface area contributed by atoms with E-state index < -0.39 is 0 Å². The fourth-order valence-electron chi connectivity index (χ4n) is 1.31. The van der Waals surface area contributed by atoms with Crippen LogP contribution in [0.25, 0.3) is 0 Å². The molecule has 0 aliphatic carbocycles. The molecule has 0 saturated carbocycles. The van der Waals surface area contributed by atoms with E-state index in [2.05, 4.69) is 5.10 Å². The lowest BCUT2D eigenvalue weighted by molar-refractivity contribution is 0.291. The van der Waals surface area contributed by atoms with E-state index in [0.29, 0.717) is 12.5 Å². The van der Waals surface area contributed by atoms with E-state index in [1.807, 2.05) is 43.6 Å². The minimum absolute atomic E-state index is 0.488. The third-order valence-electron chi connectivity index (χ3n) is 2.03. The van der Waals surface area contributed by atoms with Crippen LogP contribution in [-0.4, -0.2) is 17.6 Å². The Morgan fingerprint density at radius 2 is 2.27 bits per heavy atom. The lowest BCUT2D eigenvalue weighted by Gasteiger charge is -2.03. The number of aromatic nitrogens is 2. The summed E-state index contributed by atoms with van der Waals surface area (Å²) in [5.41, 5.74) is 1.79. The molecule has 15 heavy (non-hydrogen) atoms. The van der Waals surface area contributed by atoms with E-state index in [4.69, 9.17) is 12.6 Å². The second kappa shape index (κ2) is 4.21. The van der Waals surface area contributed by atoms with Crippen LogP contribution in [0.2, 0.25) is 0 Å². The lowest BCUT2D eigenvalue weighted by Crippen LogP contribution is -2.04. The van der Waals surface area contributed by atoms with Crippen molar-refractivity contribution < 1.29 is 4.74 Å². The first-order valence-corrected chi connectivity index (χ1v) is 4.71. The van der Waals surface area contributed by atoms with Crippen molar-refractivity contribution >= 4 is 13.3 Å². The maximum Gasteiger partial charge on any atom is 0.233 e. The van der Waals surface area contributed by atoms with Gasteiger partial charge in [-0.15, -0.1) is 5.10 Å². The molecule has 2 aromatic rings. The van der Waals surface area contributed by atoms with E-state index in [9.17, 15) is 0 Å². The van der Waals surface area contributed by atoms with Gasteiger partial charge in [0.05, 0.1) is 0 Å². The Bertz CT molecular complexity index is 453. The monoisotopic (exact) mass is 198 g/mol. The topological polar surface area (TPSA) is 27.1 Å². The van der Waals surface area contributed by atoms with Gasteiger partial charge in [0.2, 0.25) is 5.88 Å². The van der Waals surface area contributed by atoms with Crippen LogP contribution in [0.3, 0.4) is 0 Å². The summed E-state index contributed by atoms with van der Waals surface area (Å²) in [5, 5.41) is 4.11. The SMILES string of the molecule is [B]c1cccc(COc2ccn(C)n2)c1. The summed E-state index contributed by atoms with van der Waals surface area (Å²) in [6, 6.07) is 9.45. The molecule has 1 aromatic carbocycles. The number of ether oxygens (including phenoxy) is 1. The molecule has 0 fully saturated rings. The van der Waals surface area contributed by atoms with Gasteiger partial charge in [0.1, 0.15) is 14.5 Å². The molecule has 1 heterocycles. The van der Waals surface area contributed by atoms with Gasteiger partial charge in [-0.05, 0) is 5.56 Å². The summed E-state index contributed by atoms with van der Waals surface area (Å²) >= 11 is 0. The summed E-state index contributed by atoms with van der Waals surface area (Å²) in [5.74, 6) is 0.625. The molecule has 0 bridgehead atoms. The molecule has 0 spiro atoms. The molecule has 0 unspecified atom stereocenters. The Hall–Kier alpha value is -1.71. The molecule has 2 rings (SSSR count). The van der Waals surface area contributed by atoms with Crippen molar-refractivity contribution in [2.24, 2.45) is 7.05 Å². The number of benzene rings is 1. The normalized spacial score (nSPS) is 10.2. The molecule has 0 aliphatic heterocycles. The molecule has 1 aromatic heterocycles. The van der Waals surface area contributed by atoms with Gasteiger partial charge >= 0.3 is 0 Å². The van der Waals surface area contributed by atoms with Gasteiger partial charge in [-0.25, -0.2) is 0 Å². The number of hydrogen-bond acceptors (Lipinski definition) is 2. The van der Waals surface area contributed by atoms with Crippen molar-refractivity contribution in [2.75, 3.05) is 0 Å². The maximum atomic E-state index is 5.66. The average molecular weight is 198 g/mol. The number of hydrogen-bond donors (Lipinski definition) is 0. The second-order valence-corrected chi connectivity index (χ2v) is 3.36. The highest BCUT2D eigenvalue weighted by Crippen LogP contribution is 2.07. The predicted octanol–water partition coefficient (Wildman–Crippen LogP) is 0.793. The lowest BCUT2D eigenvalue weighted by atomic mass is 9.95. The van der Waals surface area contributed by atoms with Crippen LogP contribution in [0.1, 0.15) is 5.56 Å². The summed E-state index contributed by atoms with van der Waals surface area (Å²) in [7, 11) is 7.51. The maximum absolute atomic E-state index is 5.66.